The minimum atomic E-state index is -0.175. The van der Waals surface area contributed by atoms with Gasteiger partial charge in [0.15, 0.2) is 5.75 Å². The number of anilines is 2. The highest BCUT2D eigenvalue weighted by molar-refractivity contribution is 7.19. The Morgan fingerprint density at radius 2 is 2.22 bits per heavy atom. The predicted octanol–water partition coefficient (Wildman–Crippen LogP) is 1.93. The Morgan fingerprint density at radius 3 is 2.72 bits per heavy atom. The highest BCUT2D eigenvalue weighted by Gasteiger charge is 2.23. The first kappa shape index (κ1) is 14.6. The number of nitrogens with two attached hydrogens (primary N) is 1. The van der Waals surface area contributed by atoms with Crippen molar-refractivity contribution in [3.8, 4) is 5.75 Å². The van der Waals surface area contributed by atoms with Gasteiger partial charge >= 0.3 is 0 Å². The summed E-state index contributed by atoms with van der Waals surface area (Å²) >= 11 is 1.37. The molecule has 0 aliphatic carbocycles. The second-order valence-electron chi connectivity index (χ2n) is 4.04. The molecule has 1 aromatic heterocycles. The van der Waals surface area contributed by atoms with Gasteiger partial charge in [0.2, 0.25) is 0 Å². The van der Waals surface area contributed by atoms with Crippen molar-refractivity contribution in [2.24, 2.45) is 0 Å². The Balaban J connectivity index is 3.07. The molecule has 1 rings (SSSR count). The quantitative estimate of drug-likeness (QED) is 0.829. The second kappa shape index (κ2) is 6.49. The van der Waals surface area contributed by atoms with E-state index < -0.39 is 0 Å². The number of ether oxygens (including phenoxy) is 1. The number of unbranched alkanes of at least 4 members (excludes halogenated alkanes) is 1. The number of rotatable bonds is 6. The van der Waals surface area contributed by atoms with Crippen LogP contribution in [0.15, 0.2) is 0 Å². The maximum absolute atomic E-state index is 11.7. The average Bonchev–Trinajstić information content (AvgIpc) is 2.72. The lowest BCUT2D eigenvalue weighted by Gasteiger charge is -2.18. The zero-order valence-corrected chi connectivity index (χ0v) is 12.2. The number of carbonyl (C=O) groups excluding carboxylic acids is 1. The van der Waals surface area contributed by atoms with Crippen molar-refractivity contribution < 1.29 is 9.53 Å². The van der Waals surface area contributed by atoms with Gasteiger partial charge in [-0.1, -0.05) is 13.3 Å². The van der Waals surface area contributed by atoms with Crippen molar-refractivity contribution in [3.05, 3.63) is 4.88 Å². The standard InChI is InChI=1S/C12H21N3O2S/c1-5-6-7-15(3)12-9(17-4)8(13)10(18-12)11(16)14-2/h5-7,13H2,1-4H3,(H,14,16). The lowest BCUT2D eigenvalue weighted by molar-refractivity contribution is 0.0967. The molecule has 0 bridgehead atoms. The molecule has 0 fully saturated rings. The average molecular weight is 271 g/mol. The van der Waals surface area contributed by atoms with Crippen LogP contribution < -0.4 is 20.7 Å². The van der Waals surface area contributed by atoms with E-state index in [9.17, 15) is 4.79 Å². The fourth-order valence-corrected chi connectivity index (χ4v) is 2.77. The first-order valence-corrected chi connectivity index (χ1v) is 6.77. The first-order chi connectivity index (χ1) is 8.56. The van der Waals surface area contributed by atoms with Gasteiger partial charge in [-0.25, -0.2) is 0 Å². The van der Waals surface area contributed by atoms with Crippen LogP contribution >= 0.6 is 11.3 Å². The molecule has 5 nitrogen and oxygen atoms in total. The summed E-state index contributed by atoms with van der Waals surface area (Å²) < 4.78 is 5.32. The molecule has 0 aromatic carbocycles. The molecule has 102 valence electrons. The lowest BCUT2D eigenvalue weighted by Crippen LogP contribution is -2.18. The zero-order chi connectivity index (χ0) is 13.7. The highest BCUT2D eigenvalue weighted by Crippen LogP contribution is 2.44. The minimum Gasteiger partial charge on any atom is -0.492 e. The van der Waals surface area contributed by atoms with Crippen molar-refractivity contribution in [1.82, 2.24) is 5.32 Å². The molecule has 6 heteroatoms. The van der Waals surface area contributed by atoms with Gasteiger partial charge in [-0.15, -0.1) is 11.3 Å². The SMILES string of the molecule is CCCCN(C)c1sc(C(=O)NC)c(N)c1OC. The number of methoxy groups -OCH3 is 1. The molecule has 0 unspecified atom stereocenters. The van der Waals surface area contributed by atoms with Crippen molar-refractivity contribution in [1.29, 1.82) is 0 Å². The van der Waals surface area contributed by atoms with Crippen LogP contribution in [0.2, 0.25) is 0 Å². The van der Waals surface area contributed by atoms with E-state index in [-0.39, 0.29) is 5.91 Å². The summed E-state index contributed by atoms with van der Waals surface area (Å²) in [6.45, 7) is 3.06. The molecule has 0 aliphatic heterocycles. The van der Waals surface area contributed by atoms with Crippen LogP contribution in [0.3, 0.4) is 0 Å². The molecule has 18 heavy (non-hydrogen) atoms. The molecular formula is C12H21N3O2S. The fraction of sp³-hybridized carbons (Fsp3) is 0.583. The molecule has 0 aliphatic rings. The van der Waals surface area contributed by atoms with E-state index in [1.165, 1.54) is 11.3 Å². The molecule has 1 amide bonds. The van der Waals surface area contributed by atoms with E-state index in [4.69, 9.17) is 10.5 Å². The van der Waals surface area contributed by atoms with E-state index in [0.29, 0.717) is 16.3 Å². The highest BCUT2D eigenvalue weighted by atomic mass is 32.1. The van der Waals surface area contributed by atoms with E-state index in [1.54, 1.807) is 14.2 Å². The second-order valence-corrected chi connectivity index (χ2v) is 5.04. The van der Waals surface area contributed by atoms with Crippen molar-refractivity contribution in [2.45, 2.75) is 19.8 Å². The molecule has 1 heterocycles. The predicted molar refractivity (Wildman–Crippen MR) is 76.9 cm³/mol. The Morgan fingerprint density at radius 1 is 1.56 bits per heavy atom. The molecule has 0 saturated heterocycles. The van der Waals surface area contributed by atoms with Crippen molar-refractivity contribution in [2.75, 3.05) is 38.4 Å². The summed E-state index contributed by atoms with van der Waals surface area (Å²) in [6, 6.07) is 0. The third kappa shape index (κ3) is 2.87. The topological polar surface area (TPSA) is 67.6 Å². The van der Waals surface area contributed by atoms with Gasteiger partial charge in [0, 0.05) is 20.6 Å². The van der Waals surface area contributed by atoms with Gasteiger partial charge in [-0.05, 0) is 6.42 Å². The third-order valence-corrected chi connectivity index (χ3v) is 4.01. The molecule has 0 spiro atoms. The Bertz CT molecular complexity index is 418. The molecule has 0 saturated carbocycles. The van der Waals surface area contributed by atoms with Gasteiger partial charge in [0.1, 0.15) is 15.6 Å². The lowest BCUT2D eigenvalue weighted by atomic mass is 10.3. The van der Waals surface area contributed by atoms with Gasteiger partial charge < -0.3 is 20.7 Å². The van der Waals surface area contributed by atoms with Crippen LogP contribution in [-0.2, 0) is 0 Å². The van der Waals surface area contributed by atoms with Crippen LogP contribution in [-0.4, -0.2) is 33.7 Å². The Kier molecular flexibility index (Phi) is 5.27. The molecular weight excluding hydrogens is 250 g/mol. The summed E-state index contributed by atoms with van der Waals surface area (Å²) in [7, 11) is 5.15. The Hall–Kier alpha value is -1.43. The van der Waals surface area contributed by atoms with E-state index in [1.807, 2.05) is 7.05 Å². The largest absolute Gasteiger partial charge is 0.492 e. The smallest absolute Gasteiger partial charge is 0.263 e. The number of carbonyl (C=O) groups is 1. The number of nitrogens with zero attached hydrogens (tertiary/aromatic N) is 1. The summed E-state index contributed by atoms with van der Waals surface area (Å²) in [6.07, 6.45) is 2.21. The number of amides is 1. The van der Waals surface area contributed by atoms with E-state index >= 15 is 0 Å². The number of nitrogen functional groups attached to an aromatic ring is 1. The van der Waals surface area contributed by atoms with E-state index in [2.05, 4.69) is 17.1 Å². The van der Waals surface area contributed by atoms with Gasteiger partial charge in [-0.3, -0.25) is 4.79 Å². The van der Waals surface area contributed by atoms with Crippen LogP contribution in [0.1, 0.15) is 29.4 Å². The van der Waals surface area contributed by atoms with Gasteiger partial charge in [-0.2, -0.15) is 0 Å². The monoisotopic (exact) mass is 271 g/mol. The van der Waals surface area contributed by atoms with Crippen molar-refractivity contribution >= 4 is 27.9 Å². The number of nitrogens with one attached hydrogen (secondary N) is 1. The summed E-state index contributed by atoms with van der Waals surface area (Å²) in [5.41, 5.74) is 6.37. The molecule has 3 N–H and O–H groups in total. The minimum absolute atomic E-state index is 0.175. The van der Waals surface area contributed by atoms with Gasteiger partial charge in [0.25, 0.3) is 5.91 Å². The van der Waals surface area contributed by atoms with E-state index in [0.717, 1.165) is 24.4 Å². The number of hydrogen-bond acceptors (Lipinski definition) is 5. The maximum Gasteiger partial charge on any atom is 0.263 e. The number of thiophene rings is 1. The third-order valence-electron chi connectivity index (χ3n) is 2.71. The first-order valence-electron chi connectivity index (χ1n) is 5.96. The summed E-state index contributed by atoms with van der Waals surface area (Å²) in [4.78, 5) is 14.3. The number of hydrogen-bond donors (Lipinski definition) is 2. The molecule has 0 radical (unpaired) electrons. The normalized spacial score (nSPS) is 10.2. The van der Waals surface area contributed by atoms with Crippen LogP contribution in [0.25, 0.3) is 0 Å². The van der Waals surface area contributed by atoms with Crippen LogP contribution in [0, 0.1) is 0 Å². The molecule has 0 atom stereocenters. The summed E-state index contributed by atoms with van der Waals surface area (Å²) in [5.74, 6) is 0.420. The molecule has 1 aromatic rings. The van der Waals surface area contributed by atoms with Crippen LogP contribution in [0.4, 0.5) is 10.7 Å². The fourth-order valence-electron chi connectivity index (χ4n) is 1.64. The van der Waals surface area contributed by atoms with Crippen LogP contribution in [0.5, 0.6) is 5.75 Å². The Labute approximate surface area is 112 Å². The zero-order valence-electron chi connectivity index (χ0n) is 11.4. The maximum atomic E-state index is 11.7. The van der Waals surface area contributed by atoms with Crippen molar-refractivity contribution in [3.63, 3.8) is 0 Å². The van der Waals surface area contributed by atoms with Gasteiger partial charge in [0.05, 0.1) is 7.11 Å². The summed E-state index contributed by atoms with van der Waals surface area (Å²) in [5, 5.41) is 3.49.